The molecule has 0 aliphatic carbocycles. The highest BCUT2D eigenvalue weighted by atomic mass is 35.5. The van der Waals surface area contributed by atoms with Crippen LogP contribution in [0.4, 0.5) is 0 Å². The molecule has 14 heavy (non-hydrogen) atoms. The monoisotopic (exact) mass is 232 g/mol. The van der Waals surface area contributed by atoms with Gasteiger partial charge in [0.25, 0.3) is 0 Å². The number of nitrogens with two attached hydrogens (primary N) is 1. The second kappa shape index (κ2) is 4.62. The second-order valence-corrected chi connectivity index (χ2v) is 3.67. The van der Waals surface area contributed by atoms with Gasteiger partial charge in [0, 0.05) is 6.20 Å². The molecule has 0 bridgehead atoms. The maximum absolute atomic E-state index is 11.0. The molecule has 2 N–H and O–H groups in total. The molecule has 0 spiro atoms. The zero-order valence-electron chi connectivity index (χ0n) is 7.63. The molecule has 1 heterocycles. The minimum Gasteiger partial charge on any atom is -0.369 e. The molecule has 1 atom stereocenters. The number of carbonyl (C=O) groups is 1. The third-order valence-electron chi connectivity index (χ3n) is 1.97. The van der Waals surface area contributed by atoms with E-state index in [1.807, 2.05) is 6.92 Å². The summed E-state index contributed by atoms with van der Waals surface area (Å²) in [4.78, 5) is 14.9. The van der Waals surface area contributed by atoms with E-state index >= 15 is 0 Å². The molecule has 1 rings (SSSR count). The predicted octanol–water partition coefficient (Wildman–Crippen LogP) is 2.37. The van der Waals surface area contributed by atoms with E-state index in [1.54, 1.807) is 6.07 Å². The van der Waals surface area contributed by atoms with Crippen molar-refractivity contribution in [2.75, 3.05) is 0 Å². The highest BCUT2D eigenvalue weighted by Gasteiger charge is 2.16. The van der Waals surface area contributed by atoms with Crippen LogP contribution >= 0.6 is 23.2 Å². The van der Waals surface area contributed by atoms with E-state index in [-0.39, 0.29) is 17.0 Å². The molecular formula is C9H10Cl2N2O. The van der Waals surface area contributed by atoms with Crippen LogP contribution in [0.3, 0.4) is 0 Å². The van der Waals surface area contributed by atoms with Crippen molar-refractivity contribution < 1.29 is 4.79 Å². The van der Waals surface area contributed by atoms with Crippen molar-refractivity contribution >= 4 is 29.1 Å². The van der Waals surface area contributed by atoms with Crippen molar-refractivity contribution in [2.45, 2.75) is 19.3 Å². The van der Waals surface area contributed by atoms with Gasteiger partial charge in [0.15, 0.2) is 0 Å². The zero-order chi connectivity index (χ0) is 10.7. The number of hydrogen-bond acceptors (Lipinski definition) is 2. The number of primary amides is 1. The molecule has 76 valence electrons. The Morgan fingerprint density at radius 3 is 2.71 bits per heavy atom. The lowest BCUT2D eigenvalue weighted by molar-refractivity contribution is -0.119. The van der Waals surface area contributed by atoms with Crippen LogP contribution in [0.1, 0.15) is 24.8 Å². The largest absolute Gasteiger partial charge is 0.369 e. The van der Waals surface area contributed by atoms with E-state index in [4.69, 9.17) is 28.9 Å². The number of rotatable bonds is 3. The number of hydrogen-bond donors (Lipinski definition) is 1. The third-order valence-corrected chi connectivity index (χ3v) is 2.66. The van der Waals surface area contributed by atoms with Gasteiger partial charge in [-0.25, -0.2) is 4.98 Å². The second-order valence-electron chi connectivity index (χ2n) is 2.90. The number of pyridine rings is 1. The Morgan fingerprint density at radius 1 is 1.64 bits per heavy atom. The van der Waals surface area contributed by atoms with Crippen LogP contribution in [-0.4, -0.2) is 10.9 Å². The standard InChI is InChI=1S/C9H10Cl2N2O/c1-2-6(9(12)14)5-3-7(10)8(11)13-4-5/h3-4,6H,2H2,1H3,(H2,12,14). The van der Waals surface area contributed by atoms with Gasteiger partial charge < -0.3 is 5.73 Å². The van der Waals surface area contributed by atoms with Gasteiger partial charge in [-0.15, -0.1) is 0 Å². The number of nitrogens with zero attached hydrogens (tertiary/aromatic N) is 1. The van der Waals surface area contributed by atoms with Crippen LogP contribution in [0.25, 0.3) is 0 Å². The van der Waals surface area contributed by atoms with Gasteiger partial charge in [0.05, 0.1) is 10.9 Å². The molecule has 0 aliphatic rings. The summed E-state index contributed by atoms with van der Waals surface area (Å²) in [6, 6.07) is 1.62. The molecule has 0 aromatic carbocycles. The van der Waals surface area contributed by atoms with Crippen LogP contribution < -0.4 is 5.73 Å². The summed E-state index contributed by atoms with van der Waals surface area (Å²) in [5.74, 6) is -0.732. The molecule has 3 nitrogen and oxygen atoms in total. The highest BCUT2D eigenvalue weighted by molar-refractivity contribution is 6.41. The maximum Gasteiger partial charge on any atom is 0.225 e. The molecule has 5 heteroatoms. The van der Waals surface area contributed by atoms with E-state index in [0.29, 0.717) is 17.0 Å². The molecular weight excluding hydrogens is 223 g/mol. The van der Waals surface area contributed by atoms with Crippen molar-refractivity contribution in [3.63, 3.8) is 0 Å². The van der Waals surface area contributed by atoms with E-state index in [1.165, 1.54) is 6.20 Å². The van der Waals surface area contributed by atoms with E-state index in [9.17, 15) is 4.79 Å². The van der Waals surface area contributed by atoms with Crippen LogP contribution in [0.5, 0.6) is 0 Å². The van der Waals surface area contributed by atoms with Gasteiger partial charge in [0.1, 0.15) is 5.15 Å². The van der Waals surface area contributed by atoms with Crippen molar-refractivity contribution in [2.24, 2.45) is 5.73 Å². The van der Waals surface area contributed by atoms with Crippen LogP contribution in [0.15, 0.2) is 12.3 Å². The fraction of sp³-hybridized carbons (Fsp3) is 0.333. The molecule has 0 fully saturated rings. The lowest BCUT2D eigenvalue weighted by Crippen LogP contribution is -2.20. The van der Waals surface area contributed by atoms with Gasteiger partial charge in [-0.2, -0.15) is 0 Å². The Kier molecular flexibility index (Phi) is 3.72. The molecule has 0 saturated carbocycles. The molecule has 1 amide bonds. The fourth-order valence-electron chi connectivity index (χ4n) is 1.23. The summed E-state index contributed by atoms with van der Waals surface area (Å²) in [5, 5.41) is 0.568. The van der Waals surface area contributed by atoms with E-state index in [2.05, 4.69) is 4.98 Å². The Labute approximate surface area is 92.2 Å². The summed E-state index contributed by atoms with van der Waals surface area (Å²) in [5.41, 5.74) is 5.93. The topological polar surface area (TPSA) is 56.0 Å². The summed E-state index contributed by atoms with van der Waals surface area (Å²) in [6.45, 7) is 1.87. The average molecular weight is 233 g/mol. The first-order chi connectivity index (χ1) is 6.56. The average Bonchev–Trinajstić information content (AvgIpc) is 2.11. The number of aromatic nitrogens is 1. The Bertz CT molecular complexity index is 355. The van der Waals surface area contributed by atoms with Gasteiger partial charge in [-0.3, -0.25) is 4.79 Å². The maximum atomic E-state index is 11.0. The first-order valence-electron chi connectivity index (χ1n) is 4.16. The van der Waals surface area contributed by atoms with Crippen molar-refractivity contribution in [3.8, 4) is 0 Å². The normalized spacial score (nSPS) is 12.5. The van der Waals surface area contributed by atoms with Crippen molar-refractivity contribution in [1.82, 2.24) is 4.98 Å². The molecule has 1 unspecified atom stereocenters. The first kappa shape index (κ1) is 11.3. The van der Waals surface area contributed by atoms with Crippen molar-refractivity contribution in [1.29, 1.82) is 0 Å². The molecule has 0 radical (unpaired) electrons. The Hall–Kier alpha value is -0.800. The van der Waals surface area contributed by atoms with Gasteiger partial charge >= 0.3 is 0 Å². The van der Waals surface area contributed by atoms with Crippen molar-refractivity contribution in [3.05, 3.63) is 28.0 Å². The minimum absolute atomic E-state index is 0.231. The molecule has 1 aromatic rings. The van der Waals surface area contributed by atoms with E-state index < -0.39 is 0 Å². The lowest BCUT2D eigenvalue weighted by atomic mass is 9.98. The number of halogens is 2. The van der Waals surface area contributed by atoms with Gasteiger partial charge in [0.2, 0.25) is 5.91 Å². The lowest BCUT2D eigenvalue weighted by Gasteiger charge is -2.10. The number of carbonyl (C=O) groups excluding carboxylic acids is 1. The Morgan fingerprint density at radius 2 is 2.29 bits per heavy atom. The van der Waals surface area contributed by atoms with Gasteiger partial charge in [-0.1, -0.05) is 30.1 Å². The van der Waals surface area contributed by atoms with Crippen LogP contribution in [-0.2, 0) is 4.79 Å². The van der Waals surface area contributed by atoms with Crippen LogP contribution in [0.2, 0.25) is 10.2 Å². The fourth-order valence-corrected chi connectivity index (χ4v) is 1.51. The first-order valence-corrected chi connectivity index (χ1v) is 4.92. The molecule has 0 aliphatic heterocycles. The molecule has 0 saturated heterocycles. The quantitative estimate of drug-likeness (QED) is 0.814. The zero-order valence-corrected chi connectivity index (χ0v) is 9.14. The SMILES string of the molecule is CCC(C(N)=O)c1cnc(Cl)c(Cl)c1. The molecule has 1 aromatic heterocycles. The highest BCUT2D eigenvalue weighted by Crippen LogP contribution is 2.25. The summed E-state index contributed by atoms with van der Waals surface area (Å²) >= 11 is 11.4. The third kappa shape index (κ3) is 2.36. The van der Waals surface area contributed by atoms with Crippen LogP contribution in [0, 0.1) is 0 Å². The minimum atomic E-state index is -0.382. The Balaban J connectivity index is 3.06. The summed E-state index contributed by atoms with van der Waals surface area (Å²) in [7, 11) is 0. The van der Waals surface area contributed by atoms with E-state index in [0.717, 1.165) is 0 Å². The smallest absolute Gasteiger partial charge is 0.225 e. The predicted molar refractivity (Wildman–Crippen MR) is 56.5 cm³/mol. The summed E-state index contributed by atoms with van der Waals surface area (Å²) in [6.07, 6.45) is 2.14. The summed E-state index contributed by atoms with van der Waals surface area (Å²) < 4.78 is 0. The van der Waals surface area contributed by atoms with Gasteiger partial charge in [-0.05, 0) is 18.1 Å². The number of amides is 1.